The number of ketones is 1. The van der Waals surface area contributed by atoms with Crippen LogP contribution in [0.3, 0.4) is 0 Å². The SMILES string of the molecule is COc1ccc2cc(C3=C(I)C(=O)C4(C)C=CC=CN34)ccc2c1. The fraction of sp³-hybridized carbons (Fsp3) is 0.150. The lowest BCUT2D eigenvalue weighted by molar-refractivity contribution is -0.119. The third-order valence-electron chi connectivity index (χ3n) is 4.70. The third kappa shape index (κ3) is 2.13. The summed E-state index contributed by atoms with van der Waals surface area (Å²) in [5.41, 5.74) is 1.41. The number of halogens is 1. The Morgan fingerprint density at radius 2 is 1.83 bits per heavy atom. The van der Waals surface area contributed by atoms with E-state index in [0.717, 1.165) is 31.4 Å². The van der Waals surface area contributed by atoms with Crippen LogP contribution in [0, 0.1) is 0 Å². The molecule has 2 aromatic rings. The molecule has 2 aliphatic rings. The number of methoxy groups -OCH3 is 1. The van der Waals surface area contributed by atoms with Crippen molar-refractivity contribution in [1.29, 1.82) is 0 Å². The third-order valence-corrected chi connectivity index (χ3v) is 5.70. The number of allylic oxidation sites excluding steroid dienone is 2. The van der Waals surface area contributed by atoms with Crippen LogP contribution >= 0.6 is 22.6 Å². The van der Waals surface area contributed by atoms with Crippen LogP contribution in [0.5, 0.6) is 5.75 Å². The maximum absolute atomic E-state index is 12.8. The summed E-state index contributed by atoms with van der Waals surface area (Å²) in [4.78, 5) is 14.9. The van der Waals surface area contributed by atoms with Crippen LogP contribution in [0.25, 0.3) is 16.5 Å². The summed E-state index contributed by atoms with van der Waals surface area (Å²) < 4.78 is 6.06. The van der Waals surface area contributed by atoms with Crippen molar-refractivity contribution in [2.75, 3.05) is 7.11 Å². The Morgan fingerprint density at radius 3 is 2.62 bits per heavy atom. The van der Waals surface area contributed by atoms with Gasteiger partial charge in [0.1, 0.15) is 11.3 Å². The van der Waals surface area contributed by atoms with Crippen molar-refractivity contribution >= 4 is 44.8 Å². The van der Waals surface area contributed by atoms with Crippen molar-refractivity contribution < 1.29 is 9.53 Å². The zero-order valence-corrected chi connectivity index (χ0v) is 15.6. The molecule has 0 amide bonds. The topological polar surface area (TPSA) is 29.5 Å². The van der Waals surface area contributed by atoms with Gasteiger partial charge in [0.05, 0.1) is 16.4 Å². The Balaban J connectivity index is 1.86. The molecule has 0 bridgehead atoms. The van der Waals surface area contributed by atoms with E-state index in [1.165, 1.54) is 0 Å². The fourth-order valence-corrected chi connectivity index (χ4v) is 4.42. The number of rotatable bonds is 2. The summed E-state index contributed by atoms with van der Waals surface area (Å²) >= 11 is 2.17. The lowest BCUT2D eigenvalue weighted by Gasteiger charge is -2.34. The smallest absolute Gasteiger partial charge is 0.200 e. The summed E-state index contributed by atoms with van der Waals surface area (Å²) in [6.07, 6.45) is 7.86. The van der Waals surface area contributed by atoms with Crippen molar-refractivity contribution in [2.24, 2.45) is 0 Å². The summed E-state index contributed by atoms with van der Waals surface area (Å²) in [5, 5.41) is 2.25. The minimum absolute atomic E-state index is 0.147. The van der Waals surface area contributed by atoms with Gasteiger partial charge in [-0.15, -0.1) is 0 Å². The molecule has 0 fully saturated rings. The van der Waals surface area contributed by atoms with Crippen LogP contribution in [0.15, 0.2) is 64.4 Å². The number of Topliss-reactive ketones (excluding diaryl/α,β-unsaturated/α-hetero) is 1. The molecular formula is C20H16INO2. The number of fused-ring (bicyclic) bond motifs is 2. The Labute approximate surface area is 154 Å². The van der Waals surface area contributed by atoms with Gasteiger partial charge < -0.3 is 9.64 Å². The van der Waals surface area contributed by atoms with E-state index in [0.29, 0.717) is 0 Å². The molecule has 3 nitrogen and oxygen atoms in total. The van der Waals surface area contributed by atoms with Crippen molar-refractivity contribution in [3.63, 3.8) is 0 Å². The molecule has 0 saturated heterocycles. The molecule has 0 aromatic heterocycles. The minimum Gasteiger partial charge on any atom is -0.497 e. The number of hydrogen-bond donors (Lipinski definition) is 0. The highest BCUT2D eigenvalue weighted by atomic mass is 127. The monoisotopic (exact) mass is 429 g/mol. The lowest BCUT2D eigenvalue weighted by Crippen LogP contribution is -2.42. The molecule has 0 aliphatic carbocycles. The fourth-order valence-electron chi connectivity index (χ4n) is 3.31. The highest BCUT2D eigenvalue weighted by Gasteiger charge is 2.47. The van der Waals surface area contributed by atoms with Gasteiger partial charge in [-0.3, -0.25) is 4.79 Å². The summed E-state index contributed by atoms with van der Waals surface area (Å²) in [6.45, 7) is 1.97. The van der Waals surface area contributed by atoms with Gasteiger partial charge in [0.25, 0.3) is 0 Å². The van der Waals surface area contributed by atoms with Crippen LogP contribution in [-0.4, -0.2) is 23.3 Å². The number of ether oxygens (including phenoxy) is 1. The summed E-state index contributed by atoms with van der Waals surface area (Å²) in [7, 11) is 1.67. The normalized spacial score (nSPS) is 22.5. The van der Waals surface area contributed by atoms with Crippen LogP contribution in [-0.2, 0) is 4.79 Å². The van der Waals surface area contributed by atoms with Gasteiger partial charge in [-0.05, 0) is 64.6 Å². The van der Waals surface area contributed by atoms with Gasteiger partial charge in [-0.1, -0.05) is 30.4 Å². The summed E-state index contributed by atoms with van der Waals surface area (Å²) in [5.74, 6) is 0.991. The van der Waals surface area contributed by atoms with Gasteiger partial charge in [0.2, 0.25) is 5.78 Å². The first-order valence-electron chi connectivity index (χ1n) is 7.73. The molecule has 1 unspecified atom stereocenters. The van der Waals surface area contributed by atoms with Gasteiger partial charge in [0, 0.05) is 11.8 Å². The van der Waals surface area contributed by atoms with Crippen LogP contribution in [0.4, 0.5) is 0 Å². The first-order valence-corrected chi connectivity index (χ1v) is 8.80. The first-order chi connectivity index (χ1) is 11.5. The lowest BCUT2D eigenvalue weighted by atomic mass is 9.95. The molecule has 2 aromatic carbocycles. The Morgan fingerprint density at radius 1 is 1.08 bits per heavy atom. The van der Waals surface area contributed by atoms with Gasteiger partial charge in [-0.2, -0.15) is 0 Å². The van der Waals surface area contributed by atoms with Gasteiger partial charge >= 0.3 is 0 Å². The van der Waals surface area contributed by atoms with E-state index in [4.69, 9.17) is 4.74 Å². The van der Waals surface area contributed by atoms with Gasteiger partial charge in [-0.25, -0.2) is 0 Å². The van der Waals surface area contributed by atoms with Gasteiger partial charge in [0.15, 0.2) is 0 Å². The average molecular weight is 429 g/mol. The molecule has 24 heavy (non-hydrogen) atoms. The molecule has 2 aliphatic heterocycles. The van der Waals surface area contributed by atoms with Crippen molar-refractivity contribution in [2.45, 2.75) is 12.5 Å². The van der Waals surface area contributed by atoms with Crippen molar-refractivity contribution in [1.82, 2.24) is 4.90 Å². The number of benzene rings is 2. The minimum atomic E-state index is -0.616. The number of nitrogens with zero attached hydrogens (tertiary/aromatic N) is 1. The Bertz CT molecular complexity index is 957. The zero-order valence-electron chi connectivity index (χ0n) is 13.4. The molecule has 4 rings (SSSR count). The Kier molecular flexibility index (Phi) is 3.53. The number of carbonyl (C=O) groups is 1. The largest absolute Gasteiger partial charge is 0.497 e. The molecule has 1 atom stereocenters. The average Bonchev–Trinajstić information content (AvgIpc) is 2.81. The molecule has 2 heterocycles. The predicted octanol–water partition coefficient (Wildman–Crippen LogP) is 4.68. The molecular weight excluding hydrogens is 413 g/mol. The van der Waals surface area contributed by atoms with E-state index in [-0.39, 0.29) is 5.78 Å². The molecule has 0 radical (unpaired) electrons. The highest BCUT2D eigenvalue weighted by Crippen LogP contribution is 2.45. The van der Waals surface area contributed by atoms with E-state index in [9.17, 15) is 4.79 Å². The van der Waals surface area contributed by atoms with E-state index in [1.54, 1.807) is 7.11 Å². The zero-order chi connectivity index (χ0) is 16.9. The van der Waals surface area contributed by atoms with Crippen LogP contribution < -0.4 is 4.74 Å². The Hall–Kier alpha value is -2.08. The van der Waals surface area contributed by atoms with Crippen molar-refractivity contribution in [3.05, 3.63) is 70.0 Å². The number of carbonyl (C=O) groups excluding carboxylic acids is 1. The summed E-state index contributed by atoms with van der Waals surface area (Å²) in [6, 6.07) is 12.3. The van der Waals surface area contributed by atoms with E-state index < -0.39 is 5.54 Å². The predicted molar refractivity (Wildman–Crippen MR) is 105 cm³/mol. The highest BCUT2D eigenvalue weighted by molar-refractivity contribution is 14.1. The van der Waals surface area contributed by atoms with E-state index in [1.807, 2.05) is 49.6 Å². The van der Waals surface area contributed by atoms with E-state index in [2.05, 4.69) is 45.7 Å². The molecule has 0 spiro atoms. The maximum atomic E-state index is 12.8. The quantitative estimate of drug-likeness (QED) is 0.650. The second-order valence-corrected chi connectivity index (χ2v) is 7.22. The molecule has 120 valence electrons. The first kappa shape index (κ1) is 15.4. The number of hydrogen-bond acceptors (Lipinski definition) is 3. The second kappa shape index (κ2) is 5.48. The molecule has 0 N–H and O–H groups in total. The van der Waals surface area contributed by atoms with Crippen molar-refractivity contribution in [3.8, 4) is 5.75 Å². The van der Waals surface area contributed by atoms with E-state index >= 15 is 0 Å². The molecule has 4 heteroatoms. The standard InChI is InChI=1S/C20H16INO2/c1-20-9-3-4-10-22(20)18(17(21)19(20)23)15-6-5-14-12-16(24-2)8-7-13(14)11-15/h3-12H,1-2H3. The van der Waals surface area contributed by atoms with Crippen LogP contribution in [0.1, 0.15) is 12.5 Å². The van der Waals surface area contributed by atoms with Crippen LogP contribution in [0.2, 0.25) is 0 Å². The molecule has 0 saturated carbocycles. The second-order valence-electron chi connectivity index (χ2n) is 6.14. The maximum Gasteiger partial charge on any atom is 0.200 e.